The molecular formula is C22H23N5O2. The van der Waals surface area contributed by atoms with Crippen molar-refractivity contribution in [1.29, 1.82) is 0 Å². The molecule has 3 aromatic heterocycles. The molecule has 3 aromatic rings. The minimum atomic E-state index is -0.0668. The van der Waals surface area contributed by atoms with E-state index in [0.29, 0.717) is 30.7 Å². The molecule has 1 saturated carbocycles. The Kier molecular flexibility index (Phi) is 4.81. The van der Waals surface area contributed by atoms with Crippen LogP contribution in [0.15, 0.2) is 47.7 Å². The number of nitrogens with one attached hydrogen (secondary N) is 1. The minimum absolute atomic E-state index is 0.0668. The number of hydrogen-bond donors (Lipinski definition) is 1. The van der Waals surface area contributed by atoms with Gasteiger partial charge in [-0.25, -0.2) is 9.97 Å². The molecule has 0 bridgehead atoms. The third kappa shape index (κ3) is 4.05. The van der Waals surface area contributed by atoms with Crippen LogP contribution in [0.3, 0.4) is 0 Å². The molecule has 1 aliphatic heterocycles. The monoisotopic (exact) mass is 389 g/mol. The molecule has 0 saturated heterocycles. The number of pyridine rings is 2. The van der Waals surface area contributed by atoms with Gasteiger partial charge < -0.3 is 9.72 Å². The summed E-state index contributed by atoms with van der Waals surface area (Å²) in [5, 5.41) is 0. The van der Waals surface area contributed by atoms with Crippen molar-refractivity contribution in [1.82, 2.24) is 24.8 Å². The first-order valence-corrected chi connectivity index (χ1v) is 10.1. The fourth-order valence-corrected chi connectivity index (χ4v) is 3.66. The van der Waals surface area contributed by atoms with Gasteiger partial charge in [0.25, 0.3) is 5.56 Å². The topological polar surface area (TPSA) is 84.0 Å². The van der Waals surface area contributed by atoms with Crippen molar-refractivity contribution in [2.75, 3.05) is 13.2 Å². The van der Waals surface area contributed by atoms with Crippen molar-refractivity contribution >= 4 is 0 Å². The van der Waals surface area contributed by atoms with Gasteiger partial charge in [-0.15, -0.1) is 0 Å². The van der Waals surface area contributed by atoms with E-state index in [0.717, 1.165) is 42.0 Å². The van der Waals surface area contributed by atoms with Crippen molar-refractivity contribution in [3.63, 3.8) is 0 Å². The van der Waals surface area contributed by atoms with Gasteiger partial charge in [0.2, 0.25) is 5.88 Å². The number of hydrogen-bond acceptors (Lipinski definition) is 6. The number of aromatic amines is 1. The third-order valence-corrected chi connectivity index (χ3v) is 5.50. The van der Waals surface area contributed by atoms with Gasteiger partial charge >= 0.3 is 0 Å². The minimum Gasteiger partial charge on any atom is -0.477 e. The molecule has 0 spiro atoms. The van der Waals surface area contributed by atoms with Gasteiger partial charge in [-0.05, 0) is 37.0 Å². The second-order valence-electron chi connectivity index (χ2n) is 7.76. The largest absolute Gasteiger partial charge is 0.477 e. The fourth-order valence-electron chi connectivity index (χ4n) is 3.66. The van der Waals surface area contributed by atoms with Crippen molar-refractivity contribution in [3.8, 4) is 17.3 Å². The number of aromatic nitrogens is 4. The van der Waals surface area contributed by atoms with Crippen LogP contribution in [-0.4, -0.2) is 38.0 Å². The maximum Gasteiger partial charge on any atom is 0.255 e. The van der Waals surface area contributed by atoms with E-state index in [4.69, 9.17) is 9.72 Å². The Morgan fingerprint density at radius 2 is 2.03 bits per heavy atom. The molecule has 1 aliphatic carbocycles. The molecule has 1 N–H and O–H groups in total. The Morgan fingerprint density at radius 1 is 1.17 bits per heavy atom. The predicted molar refractivity (Wildman–Crippen MR) is 108 cm³/mol. The van der Waals surface area contributed by atoms with Crippen LogP contribution in [0.4, 0.5) is 0 Å². The SMILES string of the molecule is O=c1[nH]c(-c2ccncc2)nc2c1CN(Cc1cccnc1OCC1CC1)CC2. The zero-order chi connectivity index (χ0) is 19.6. The first kappa shape index (κ1) is 18.0. The van der Waals surface area contributed by atoms with Crippen LogP contribution in [0.5, 0.6) is 5.88 Å². The van der Waals surface area contributed by atoms with Gasteiger partial charge in [0.15, 0.2) is 0 Å². The van der Waals surface area contributed by atoms with Crippen LogP contribution in [0.25, 0.3) is 11.4 Å². The standard InChI is InChI=1S/C22H23N5O2/c28-21-18-13-27(12-17-2-1-8-24-22(17)29-14-15-3-4-15)11-7-19(18)25-20(26-21)16-5-9-23-10-6-16/h1-2,5-6,8-10,15H,3-4,7,11-14H2,(H,25,26,28). The molecule has 7 nitrogen and oxygen atoms in total. The zero-order valence-electron chi connectivity index (χ0n) is 16.2. The second-order valence-corrected chi connectivity index (χ2v) is 7.76. The highest BCUT2D eigenvalue weighted by molar-refractivity contribution is 5.54. The maximum atomic E-state index is 12.7. The van der Waals surface area contributed by atoms with Crippen LogP contribution in [0, 0.1) is 5.92 Å². The highest BCUT2D eigenvalue weighted by atomic mass is 16.5. The predicted octanol–water partition coefficient (Wildman–Crippen LogP) is 2.57. The summed E-state index contributed by atoms with van der Waals surface area (Å²) < 4.78 is 5.94. The lowest BCUT2D eigenvalue weighted by molar-refractivity contribution is 0.230. The highest BCUT2D eigenvalue weighted by Gasteiger charge is 2.24. The molecule has 0 amide bonds. The molecule has 5 rings (SSSR count). The molecule has 2 aliphatic rings. The van der Waals surface area contributed by atoms with E-state index in [2.05, 4.69) is 25.9 Å². The van der Waals surface area contributed by atoms with Crippen LogP contribution in [-0.2, 0) is 19.5 Å². The smallest absolute Gasteiger partial charge is 0.255 e. The van der Waals surface area contributed by atoms with E-state index >= 15 is 0 Å². The van der Waals surface area contributed by atoms with E-state index < -0.39 is 0 Å². The number of H-pyrrole nitrogens is 1. The maximum absolute atomic E-state index is 12.7. The summed E-state index contributed by atoms with van der Waals surface area (Å²) in [6.07, 6.45) is 8.42. The molecule has 29 heavy (non-hydrogen) atoms. The summed E-state index contributed by atoms with van der Waals surface area (Å²) in [6.45, 7) is 2.87. The quantitative estimate of drug-likeness (QED) is 0.698. The number of ether oxygens (including phenoxy) is 1. The Hall–Kier alpha value is -3.06. The van der Waals surface area contributed by atoms with Crippen LogP contribution < -0.4 is 10.3 Å². The molecule has 1 fully saturated rings. The van der Waals surface area contributed by atoms with Gasteiger partial charge in [0, 0.05) is 55.8 Å². The molecule has 0 atom stereocenters. The third-order valence-electron chi connectivity index (χ3n) is 5.50. The second kappa shape index (κ2) is 7.75. The van der Waals surface area contributed by atoms with Crippen molar-refractivity contribution in [2.45, 2.75) is 32.4 Å². The average molecular weight is 389 g/mol. The molecule has 0 unspecified atom stereocenters. The van der Waals surface area contributed by atoms with E-state index in [1.807, 2.05) is 18.2 Å². The number of fused-ring (bicyclic) bond motifs is 1. The lowest BCUT2D eigenvalue weighted by atomic mass is 10.1. The Balaban J connectivity index is 1.33. The van der Waals surface area contributed by atoms with Crippen LogP contribution >= 0.6 is 0 Å². The van der Waals surface area contributed by atoms with E-state index in [9.17, 15) is 4.79 Å². The van der Waals surface area contributed by atoms with E-state index in [1.54, 1.807) is 18.6 Å². The Labute approximate surface area is 168 Å². The zero-order valence-corrected chi connectivity index (χ0v) is 16.2. The first-order chi connectivity index (χ1) is 14.3. The van der Waals surface area contributed by atoms with Gasteiger partial charge in [0.05, 0.1) is 17.9 Å². The van der Waals surface area contributed by atoms with Gasteiger partial charge in [0.1, 0.15) is 5.82 Å². The van der Waals surface area contributed by atoms with E-state index in [1.165, 1.54) is 12.8 Å². The first-order valence-electron chi connectivity index (χ1n) is 10.1. The molecule has 0 aromatic carbocycles. The number of rotatable bonds is 6. The Bertz CT molecular complexity index is 1060. The van der Waals surface area contributed by atoms with E-state index in [-0.39, 0.29) is 5.56 Å². The highest BCUT2D eigenvalue weighted by Crippen LogP contribution is 2.30. The summed E-state index contributed by atoms with van der Waals surface area (Å²) in [5.74, 6) is 2.00. The van der Waals surface area contributed by atoms with Gasteiger partial charge in [-0.1, -0.05) is 6.07 Å². The molecule has 4 heterocycles. The van der Waals surface area contributed by atoms with Crippen molar-refractivity contribution < 1.29 is 4.74 Å². The molecule has 0 radical (unpaired) electrons. The lowest BCUT2D eigenvalue weighted by Gasteiger charge is -2.28. The van der Waals surface area contributed by atoms with Crippen molar-refractivity contribution in [3.05, 3.63) is 70.0 Å². The fraction of sp³-hybridized carbons (Fsp3) is 0.364. The summed E-state index contributed by atoms with van der Waals surface area (Å²) >= 11 is 0. The number of nitrogens with zero attached hydrogens (tertiary/aromatic N) is 4. The van der Waals surface area contributed by atoms with Crippen LogP contribution in [0.2, 0.25) is 0 Å². The van der Waals surface area contributed by atoms with Gasteiger partial charge in [-0.2, -0.15) is 0 Å². The molecule has 7 heteroatoms. The van der Waals surface area contributed by atoms with Crippen LogP contribution in [0.1, 0.15) is 29.7 Å². The lowest BCUT2D eigenvalue weighted by Crippen LogP contribution is -2.35. The molecule has 148 valence electrons. The van der Waals surface area contributed by atoms with Crippen molar-refractivity contribution in [2.24, 2.45) is 5.92 Å². The normalized spacial score (nSPS) is 16.4. The average Bonchev–Trinajstić information content (AvgIpc) is 3.59. The Morgan fingerprint density at radius 3 is 2.86 bits per heavy atom. The van der Waals surface area contributed by atoms with Gasteiger partial charge in [-0.3, -0.25) is 14.7 Å². The summed E-state index contributed by atoms with van der Waals surface area (Å²) in [4.78, 5) is 31.1. The molecular weight excluding hydrogens is 366 g/mol. The summed E-state index contributed by atoms with van der Waals surface area (Å²) in [6, 6.07) is 7.70. The summed E-state index contributed by atoms with van der Waals surface area (Å²) in [7, 11) is 0. The summed E-state index contributed by atoms with van der Waals surface area (Å²) in [5.41, 5.74) is 3.50.